The van der Waals surface area contributed by atoms with Crippen LogP contribution in [-0.2, 0) is 4.79 Å². The zero-order valence-corrected chi connectivity index (χ0v) is 15.6. The smallest absolute Gasteiger partial charge is 0.325 e. The van der Waals surface area contributed by atoms with Gasteiger partial charge in [-0.25, -0.2) is 4.79 Å². The number of nitrogens with zero attached hydrogens (tertiary/aromatic N) is 1. The molecule has 1 N–H and O–H groups in total. The molecule has 1 aromatic rings. The second kappa shape index (κ2) is 6.70. The highest BCUT2D eigenvalue weighted by atomic mass is 16.5. The lowest BCUT2D eigenvalue weighted by Gasteiger charge is -2.42. The van der Waals surface area contributed by atoms with E-state index in [1.807, 2.05) is 32.0 Å². The topological polar surface area (TPSA) is 58.6 Å². The number of rotatable bonds is 4. The third-order valence-electron chi connectivity index (χ3n) is 5.90. The third-order valence-corrected chi connectivity index (χ3v) is 5.90. The molecule has 0 bridgehead atoms. The number of ether oxygens (including phenoxy) is 1. The Balaban J connectivity index is 1.68. The summed E-state index contributed by atoms with van der Waals surface area (Å²) in [7, 11) is 0. The molecule has 3 amide bonds. The standard InChI is InChI=1S/C20H28N2O3/c1-13-8-9-14(2)17(12-13)25-11-10-22-18(23)20(21-19(22)24)15(3)6-5-7-16(20)4/h8-9,12,15-16H,5-7,10-11H2,1-4H3,(H,21,24). The number of imide groups is 1. The minimum atomic E-state index is -0.728. The molecule has 1 saturated carbocycles. The summed E-state index contributed by atoms with van der Waals surface area (Å²) in [5.74, 6) is 1.05. The molecular formula is C20H28N2O3. The van der Waals surface area contributed by atoms with Crippen LogP contribution in [0.5, 0.6) is 5.75 Å². The number of hydrogen-bond acceptors (Lipinski definition) is 3. The second-order valence-electron chi connectivity index (χ2n) is 7.61. The van der Waals surface area contributed by atoms with E-state index in [0.29, 0.717) is 6.61 Å². The number of urea groups is 1. The van der Waals surface area contributed by atoms with Crippen molar-refractivity contribution in [2.75, 3.05) is 13.2 Å². The van der Waals surface area contributed by atoms with E-state index in [1.54, 1.807) is 0 Å². The molecule has 1 heterocycles. The van der Waals surface area contributed by atoms with Gasteiger partial charge in [0.1, 0.15) is 17.9 Å². The molecule has 1 saturated heterocycles. The van der Waals surface area contributed by atoms with E-state index in [4.69, 9.17) is 4.74 Å². The van der Waals surface area contributed by atoms with E-state index < -0.39 is 5.54 Å². The summed E-state index contributed by atoms with van der Waals surface area (Å²) in [6, 6.07) is 5.75. The Bertz CT molecular complexity index is 676. The summed E-state index contributed by atoms with van der Waals surface area (Å²) in [4.78, 5) is 26.9. The van der Waals surface area contributed by atoms with Crippen LogP contribution in [0.15, 0.2) is 18.2 Å². The minimum absolute atomic E-state index is 0.0817. The first kappa shape index (κ1) is 17.8. The summed E-state index contributed by atoms with van der Waals surface area (Å²) in [6.07, 6.45) is 3.06. The lowest BCUT2D eigenvalue weighted by molar-refractivity contribution is -0.136. The zero-order chi connectivity index (χ0) is 18.2. The largest absolute Gasteiger partial charge is 0.491 e. The molecule has 3 rings (SSSR count). The van der Waals surface area contributed by atoms with Gasteiger partial charge in [0.05, 0.1) is 6.54 Å². The van der Waals surface area contributed by atoms with Gasteiger partial charge < -0.3 is 10.1 Å². The van der Waals surface area contributed by atoms with Crippen LogP contribution in [0.25, 0.3) is 0 Å². The van der Waals surface area contributed by atoms with Crippen LogP contribution in [-0.4, -0.2) is 35.5 Å². The molecule has 25 heavy (non-hydrogen) atoms. The van der Waals surface area contributed by atoms with Gasteiger partial charge in [-0.15, -0.1) is 0 Å². The van der Waals surface area contributed by atoms with Crippen molar-refractivity contribution in [1.29, 1.82) is 0 Å². The number of carbonyl (C=O) groups is 2. The van der Waals surface area contributed by atoms with E-state index >= 15 is 0 Å². The van der Waals surface area contributed by atoms with Gasteiger partial charge in [0.15, 0.2) is 0 Å². The summed E-state index contributed by atoms with van der Waals surface area (Å²) in [5.41, 5.74) is 1.45. The van der Waals surface area contributed by atoms with Gasteiger partial charge in [-0.2, -0.15) is 0 Å². The Kier molecular flexibility index (Phi) is 4.76. The normalized spacial score (nSPS) is 29.2. The zero-order valence-electron chi connectivity index (χ0n) is 15.6. The Morgan fingerprint density at radius 2 is 1.88 bits per heavy atom. The maximum absolute atomic E-state index is 13.1. The fourth-order valence-electron chi connectivity index (χ4n) is 4.27. The van der Waals surface area contributed by atoms with Crippen LogP contribution in [0, 0.1) is 25.7 Å². The van der Waals surface area contributed by atoms with Crippen molar-refractivity contribution in [3.05, 3.63) is 29.3 Å². The Labute approximate surface area is 149 Å². The average molecular weight is 344 g/mol. The van der Waals surface area contributed by atoms with Crippen molar-refractivity contribution in [3.8, 4) is 5.75 Å². The molecule has 136 valence electrons. The van der Waals surface area contributed by atoms with Crippen molar-refractivity contribution in [2.24, 2.45) is 11.8 Å². The van der Waals surface area contributed by atoms with Crippen LogP contribution < -0.4 is 10.1 Å². The van der Waals surface area contributed by atoms with Crippen LogP contribution >= 0.6 is 0 Å². The maximum Gasteiger partial charge on any atom is 0.325 e. The molecule has 1 spiro atoms. The van der Waals surface area contributed by atoms with Gasteiger partial charge in [-0.05, 0) is 55.7 Å². The monoisotopic (exact) mass is 344 g/mol. The van der Waals surface area contributed by atoms with Gasteiger partial charge in [-0.3, -0.25) is 9.69 Å². The minimum Gasteiger partial charge on any atom is -0.491 e. The van der Waals surface area contributed by atoms with Crippen LogP contribution in [0.4, 0.5) is 4.79 Å². The number of hydrogen-bond donors (Lipinski definition) is 1. The first-order chi connectivity index (χ1) is 11.9. The molecule has 2 fully saturated rings. The molecule has 5 nitrogen and oxygen atoms in total. The predicted octanol–water partition coefficient (Wildman–Crippen LogP) is 3.43. The van der Waals surface area contributed by atoms with E-state index in [2.05, 4.69) is 19.2 Å². The molecule has 1 aliphatic carbocycles. The van der Waals surface area contributed by atoms with E-state index in [9.17, 15) is 9.59 Å². The van der Waals surface area contributed by atoms with Crippen molar-refractivity contribution < 1.29 is 14.3 Å². The summed E-state index contributed by atoms with van der Waals surface area (Å²) >= 11 is 0. The van der Waals surface area contributed by atoms with Gasteiger partial charge >= 0.3 is 6.03 Å². The van der Waals surface area contributed by atoms with Gasteiger partial charge in [0.2, 0.25) is 0 Å². The summed E-state index contributed by atoms with van der Waals surface area (Å²) < 4.78 is 5.83. The Morgan fingerprint density at radius 3 is 2.56 bits per heavy atom. The lowest BCUT2D eigenvalue weighted by Crippen LogP contribution is -2.58. The molecule has 5 heteroatoms. The lowest BCUT2D eigenvalue weighted by atomic mass is 9.67. The Hall–Kier alpha value is -2.04. The average Bonchev–Trinajstić information content (AvgIpc) is 2.81. The molecule has 2 aliphatic rings. The molecule has 2 atom stereocenters. The molecular weight excluding hydrogens is 316 g/mol. The number of nitrogens with one attached hydrogen (secondary N) is 1. The van der Waals surface area contributed by atoms with Gasteiger partial charge in [0.25, 0.3) is 5.91 Å². The summed E-state index contributed by atoms with van der Waals surface area (Å²) in [6.45, 7) is 8.73. The third kappa shape index (κ3) is 3.00. The SMILES string of the molecule is Cc1ccc(C)c(OCCN2C(=O)NC3(C2=O)C(C)CCCC3C)c1. The van der Waals surface area contributed by atoms with Crippen LogP contribution in [0.2, 0.25) is 0 Å². The second-order valence-corrected chi connectivity index (χ2v) is 7.61. The highest BCUT2D eigenvalue weighted by molar-refractivity contribution is 6.07. The number of benzene rings is 1. The van der Waals surface area contributed by atoms with Crippen LogP contribution in [0.3, 0.4) is 0 Å². The fourth-order valence-corrected chi connectivity index (χ4v) is 4.27. The number of amides is 3. The first-order valence-corrected chi connectivity index (χ1v) is 9.20. The predicted molar refractivity (Wildman–Crippen MR) is 96.6 cm³/mol. The van der Waals surface area contributed by atoms with Crippen molar-refractivity contribution in [3.63, 3.8) is 0 Å². The molecule has 1 aromatic carbocycles. The van der Waals surface area contributed by atoms with Gasteiger partial charge in [-0.1, -0.05) is 32.4 Å². The number of carbonyl (C=O) groups excluding carboxylic acids is 2. The highest BCUT2D eigenvalue weighted by Crippen LogP contribution is 2.42. The van der Waals surface area contributed by atoms with Gasteiger partial charge in [0, 0.05) is 0 Å². The molecule has 2 unspecified atom stereocenters. The molecule has 0 radical (unpaired) electrons. The van der Waals surface area contributed by atoms with E-state index in [-0.39, 0.29) is 30.3 Å². The summed E-state index contributed by atoms with van der Waals surface area (Å²) in [5, 5.41) is 3.02. The number of aryl methyl sites for hydroxylation is 2. The quantitative estimate of drug-likeness (QED) is 0.851. The van der Waals surface area contributed by atoms with E-state index in [1.165, 1.54) is 4.90 Å². The van der Waals surface area contributed by atoms with Crippen molar-refractivity contribution >= 4 is 11.9 Å². The molecule has 0 aromatic heterocycles. The highest BCUT2D eigenvalue weighted by Gasteiger charge is 2.58. The van der Waals surface area contributed by atoms with Crippen LogP contribution in [0.1, 0.15) is 44.2 Å². The fraction of sp³-hybridized carbons (Fsp3) is 0.600. The molecule has 1 aliphatic heterocycles. The Morgan fingerprint density at radius 1 is 1.20 bits per heavy atom. The first-order valence-electron chi connectivity index (χ1n) is 9.20. The van der Waals surface area contributed by atoms with Crippen molar-refractivity contribution in [1.82, 2.24) is 10.2 Å². The van der Waals surface area contributed by atoms with Crippen molar-refractivity contribution in [2.45, 2.75) is 52.5 Å². The van der Waals surface area contributed by atoms with E-state index in [0.717, 1.165) is 36.1 Å². The maximum atomic E-state index is 13.1.